The van der Waals surface area contributed by atoms with Crippen LogP contribution in [0.25, 0.3) is 0 Å². The van der Waals surface area contributed by atoms with Gasteiger partial charge in [-0.25, -0.2) is 12.7 Å². The minimum atomic E-state index is -3.02. The molecule has 2 atom stereocenters. The highest BCUT2D eigenvalue weighted by atomic mass is 32.2. The Kier molecular flexibility index (Phi) is 6.51. The van der Waals surface area contributed by atoms with Crippen LogP contribution >= 0.6 is 0 Å². The summed E-state index contributed by atoms with van der Waals surface area (Å²) in [4.78, 5) is 0. The van der Waals surface area contributed by atoms with Gasteiger partial charge < -0.3 is 5.32 Å². The predicted molar refractivity (Wildman–Crippen MR) is 87.8 cm³/mol. The first-order valence-electron chi connectivity index (χ1n) is 8.61. The van der Waals surface area contributed by atoms with Crippen molar-refractivity contribution in [1.82, 2.24) is 9.62 Å². The Labute approximate surface area is 130 Å². The van der Waals surface area contributed by atoms with Crippen LogP contribution < -0.4 is 5.32 Å². The smallest absolute Gasteiger partial charge is 0.211 e. The van der Waals surface area contributed by atoms with Gasteiger partial charge in [0.1, 0.15) is 0 Å². The van der Waals surface area contributed by atoms with Gasteiger partial charge in [0, 0.05) is 19.1 Å². The number of nitrogens with one attached hydrogen (secondary N) is 1. The molecule has 2 rings (SSSR count). The monoisotopic (exact) mass is 316 g/mol. The summed E-state index contributed by atoms with van der Waals surface area (Å²) in [5.74, 6) is 1.40. The van der Waals surface area contributed by atoms with Crippen LogP contribution in [0.2, 0.25) is 0 Å². The van der Waals surface area contributed by atoms with Crippen LogP contribution in [0.5, 0.6) is 0 Å². The van der Waals surface area contributed by atoms with Crippen LogP contribution in [-0.4, -0.2) is 45.2 Å². The molecule has 1 aliphatic heterocycles. The first-order valence-corrected chi connectivity index (χ1v) is 10.5. The zero-order chi connectivity index (χ0) is 15.3. The van der Waals surface area contributed by atoms with Crippen LogP contribution in [-0.2, 0) is 10.0 Å². The number of sulfonamides is 1. The molecule has 1 N–H and O–H groups in total. The highest BCUT2D eigenvalue weighted by Gasteiger charge is 2.28. The van der Waals surface area contributed by atoms with Crippen LogP contribution in [0.4, 0.5) is 0 Å². The lowest BCUT2D eigenvalue weighted by Gasteiger charge is -2.34. The Morgan fingerprint density at radius 3 is 2.29 bits per heavy atom. The maximum atomic E-state index is 11.7. The third kappa shape index (κ3) is 5.53. The van der Waals surface area contributed by atoms with Crippen molar-refractivity contribution in [3.05, 3.63) is 0 Å². The van der Waals surface area contributed by atoms with E-state index in [1.807, 2.05) is 0 Å². The second-order valence-electron chi connectivity index (χ2n) is 7.09. The van der Waals surface area contributed by atoms with Gasteiger partial charge in [-0.15, -0.1) is 0 Å². The minimum Gasteiger partial charge on any atom is -0.317 e. The summed E-state index contributed by atoms with van der Waals surface area (Å²) >= 11 is 0. The fourth-order valence-electron chi connectivity index (χ4n) is 4.08. The first-order chi connectivity index (χ1) is 9.99. The van der Waals surface area contributed by atoms with Crippen molar-refractivity contribution in [2.75, 3.05) is 26.4 Å². The molecule has 2 unspecified atom stereocenters. The van der Waals surface area contributed by atoms with Crippen molar-refractivity contribution < 1.29 is 8.42 Å². The number of piperidine rings is 1. The molecule has 0 amide bonds. The zero-order valence-corrected chi connectivity index (χ0v) is 14.5. The fourth-order valence-corrected chi connectivity index (χ4v) is 5.02. The van der Waals surface area contributed by atoms with Gasteiger partial charge in [0.05, 0.1) is 6.26 Å². The van der Waals surface area contributed by atoms with E-state index in [9.17, 15) is 8.42 Å². The van der Waals surface area contributed by atoms with Crippen LogP contribution in [0.15, 0.2) is 0 Å². The Morgan fingerprint density at radius 1 is 1.05 bits per heavy atom. The summed E-state index contributed by atoms with van der Waals surface area (Å²) in [7, 11) is -0.955. The van der Waals surface area contributed by atoms with Crippen molar-refractivity contribution in [3.8, 4) is 0 Å². The summed E-state index contributed by atoms with van der Waals surface area (Å²) in [6, 6.07) is 0.553. The van der Waals surface area contributed by atoms with E-state index in [1.165, 1.54) is 51.2 Å². The van der Waals surface area contributed by atoms with E-state index in [2.05, 4.69) is 12.4 Å². The molecule has 2 aliphatic rings. The summed E-state index contributed by atoms with van der Waals surface area (Å²) in [6.45, 7) is 1.43. The highest BCUT2D eigenvalue weighted by Crippen LogP contribution is 2.30. The maximum Gasteiger partial charge on any atom is 0.211 e. The Balaban J connectivity index is 1.83. The highest BCUT2D eigenvalue weighted by molar-refractivity contribution is 7.88. The van der Waals surface area contributed by atoms with E-state index in [4.69, 9.17) is 0 Å². The molecule has 1 aliphatic carbocycles. The molecule has 0 spiro atoms. The maximum absolute atomic E-state index is 11.7. The Hall–Kier alpha value is -0.130. The lowest BCUT2D eigenvalue weighted by atomic mass is 9.82. The molecule has 1 saturated heterocycles. The third-order valence-electron chi connectivity index (χ3n) is 5.32. The van der Waals surface area contributed by atoms with E-state index in [0.717, 1.165) is 25.3 Å². The average Bonchev–Trinajstić information content (AvgIpc) is 2.47. The van der Waals surface area contributed by atoms with E-state index in [1.54, 1.807) is 4.31 Å². The van der Waals surface area contributed by atoms with Crippen molar-refractivity contribution in [1.29, 1.82) is 0 Å². The molecule has 0 aromatic heterocycles. The SMILES string of the molecule is CNC(CC1CCCCC1)CC1CCCN(S(C)(=O)=O)C1. The van der Waals surface area contributed by atoms with E-state index >= 15 is 0 Å². The lowest BCUT2D eigenvalue weighted by Crippen LogP contribution is -2.41. The van der Waals surface area contributed by atoms with Crippen molar-refractivity contribution in [3.63, 3.8) is 0 Å². The summed E-state index contributed by atoms with van der Waals surface area (Å²) < 4.78 is 25.1. The molecule has 124 valence electrons. The summed E-state index contributed by atoms with van der Waals surface area (Å²) in [5, 5.41) is 3.48. The van der Waals surface area contributed by atoms with Crippen molar-refractivity contribution in [2.45, 2.75) is 63.8 Å². The average molecular weight is 317 g/mol. The van der Waals surface area contributed by atoms with Gasteiger partial charge in [0.2, 0.25) is 10.0 Å². The summed E-state index contributed by atoms with van der Waals surface area (Å²) in [5.41, 5.74) is 0. The van der Waals surface area contributed by atoms with Gasteiger partial charge in [0.15, 0.2) is 0 Å². The standard InChI is InChI=1S/C16H32N2O2S/c1-17-16(11-14-7-4-3-5-8-14)12-15-9-6-10-18(13-15)21(2,19)20/h14-17H,3-13H2,1-2H3. The lowest BCUT2D eigenvalue weighted by molar-refractivity contribution is 0.219. The molecule has 0 aromatic carbocycles. The molecule has 0 radical (unpaired) electrons. The first kappa shape index (κ1) is 17.2. The molecule has 0 bridgehead atoms. The molecule has 4 nitrogen and oxygen atoms in total. The second-order valence-corrected chi connectivity index (χ2v) is 9.07. The molecule has 21 heavy (non-hydrogen) atoms. The normalized spacial score (nSPS) is 27.6. The van der Waals surface area contributed by atoms with Gasteiger partial charge in [0.25, 0.3) is 0 Å². The number of nitrogens with zero attached hydrogens (tertiary/aromatic N) is 1. The number of hydrogen-bond acceptors (Lipinski definition) is 3. The topological polar surface area (TPSA) is 49.4 Å². The van der Waals surface area contributed by atoms with E-state index < -0.39 is 10.0 Å². The molecule has 5 heteroatoms. The van der Waals surface area contributed by atoms with Crippen molar-refractivity contribution >= 4 is 10.0 Å². The minimum absolute atomic E-state index is 0.523. The van der Waals surface area contributed by atoms with Gasteiger partial charge in [-0.2, -0.15) is 0 Å². The molecule has 1 heterocycles. The van der Waals surface area contributed by atoms with Gasteiger partial charge in [-0.05, 0) is 44.6 Å². The Morgan fingerprint density at radius 2 is 1.67 bits per heavy atom. The van der Waals surface area contributed by atoms with Gasteiger partial charge >= 0.3 is 0 Å². The van der Waals surface area contributed by atoms with Gasteiger partial charge in [-0.3, -0.25) is 0 Å². The molecular weight excluding hydrogens is 284 g/mol. The largest absolute Gasteiger partial charge is 0.317 e. The van der Waals surface area contributed by atoms with Gasteiger partial charge in [-0.1, -0.05) is 32.1 Å². The van der Waals surface area contributed by atoms with Crippen molar-refractivity contribution in [2.24, 2.45) is 11.8 Å². The van der Waals surface area contributed by atoms with E-state index in [0.29, 0.717) is 18.5 Å². The summed E-state index contributed by atoms with van der Waals surface area (Å²) in [6.07, 6.45) is 12.9. The van der Waals surface area contributed by atoms with Crippen LogP contribution in [0.3, 0.4) is 0 Å². The third-order valence-corrected chi connectivity index (χ3v) is 6.59. The number of hydrogen-bond donors (Lipinski definition) is 1. The van der Waals surface area contributed by atoms with Crippen LogP contribution in [0, 0.1) is 11.8 Å². The van der Waals surface area contributed by atoms with Crippen LogP contribution in [0.1, 0.15) is 57.8 Å². The molecule has 0 aromatic rings. The molecule has 2 fully saturated rings. The predicted octanol–water partition coefficient (Wildman–Crippen LogP) is 2.61. The quantitative estimate of drug-likeness (QED) is 0.819. The molecular formula is C16H32N2O2S. The second kappa shape index (κ2) is 7.93. The molecule has 1 saturated carbocycles. The van der Waals surface area contributed by atoms with E-state index in [-0.39, 0.29) is 0 Å². The zero-order valence-electron chi connectivity index (χ0n) is 13.7. The Bertz CT molecular complexity index is 405. The number of rotatable bonds is 6. The fraction of sp³-hybridized carbons (Fsp3) is 1.00.